The van der Waals surface area contributed by atoms with E-state index in [1.807, 2.05) is 63.5 Å². The van der Waals surface area contributed by atoms with Gasteiger partial charge in [-0.1, -0.05) is 28.9 Å². The summed E-state index contributed by atoms with van der Waals surface area (Å²) >= 11 is 0. The highest BCUT2D eigenvalue weighted by molar-refractivity contribution is 5.79. The second-order valence-electron chi connectivity index (χ2n) is 5.31. The number of hydrogen-bond acceptors (Lipinski definition) is 4. The van der Waals surface area contributed by atoms with Crippen LogP contribution in [0.4, 0.5) is 5.69 Å². The zero-order valence-electron chi connectivity index (χ0n) is 13.5. The molecule has 116 valence electrons. The lowest BCUT2D eigenvalue weighted by Gasteiger charge is -2.11. The molecule has 22 heavy (non-hydrogen) atoms. The molecule has 0 radical (unpaired) electrons. The van der Waals surface area contributed by atoms with Crippen molar-refractivity contribution in [1.29, 1.82) is 0 Å². The summed E-state index contributed by atoms with van der Waals surface area (Å²) in [7, 11) is 5.69. The van der Waals surface area contributed by atoms with Crippen molar-refractivity contribution in [3.8, 4) is 5.75 Å². The minimum absolute atomic E-state index is 0.386. The highest BCUT2D eigenvalue weighted by Gasteiger charge is 2.03. The molecule has 2 aromatic carbocycles. The van der Waals surface area contributed by atoms with Crippen LogP contribution < -0.4 is 9.64 Å². The maximum atomic E-state index is 5.38. The molecule has 0 unspecified atom stereocenters. The molecule has 4 nitrogen and oxygen atoms in total. The maximum absolute atomic E-state index is 5.38. The summed E-state index contributed by atoms with van der Waals surface area (Å²) in [6, 6.07) is 14.1. The van der Waals surface area contributed by atoms with E-state index >= 15 is 0 Å². The van der Waals surface area contributed by atoms with Crippen LogP contribution in [0.3, 0.4) is 0 Å². The van der Waals surface area contributed by atoms with E-state index in [0.29, 0.717) is 6.61 Å². The number of hydrogen-bond donors (Lipinski definition) is 0. The number of rotatable bonds is 6. The van der Waals surface area contributed by atoms with Crippen molar-refractivity contribution in [2.24, 2.45) is 5.16 Å². The molecule has 0 aliphatic rings. The van der Waals surface area contributed by atoms with E-state index in [1.54, 1.807) is 13.3 Å². The minimum Gasteiger partial charge on any atom is -0.496 e. The first-order chi connectivity index (χ1) is 10.6. The Morgan fingerprint density at radius 3 is 2.45 bits per heavy atom. The van der Waals surface area contributed by atoms with E-state index in [2.05, 4.69) is 10.1 Å². The molecule has 0 aromatic heterocycles. The van der Waals surface area contributed by atoms with Crippen LogP contribution in [0, 0.1) is 6.92 Å². The first kappa shape index (κ1) is 15.9. The maximum Gasteiger partial charge on any atom is 0.145 e. The van der Waals surface area contributed by atoms with E-state index in [9.17, 15) is 0 Å². The van der Waals surface area contributed by atoms with E-state index in [1.165, 1.54) is 5.56 Å². The molecule has 2 rings (SSSR count). The van der Waals surface area contributed by atoms with Gasteiger partial charge in [0.05, 0.1) is 13.3 Å². The number of benzene rings is 2. The van der Waals surface area contributed by atoms with Gasteiger partial charge in [0.15, 0.2) is 0 Å². The zero-order valence-corrected chi connectivity index (χ0v) is 13.5. The van der Waals surface area contributed by atoms with Gasteiger partial charge in [-0.25, -0.2) is 0 Å². The molecule has 0 amide bonds. The van der Waals surface area contributed by atoms with Gasteiger partial charge in [0, 0.05) is 25.3 Å². The molecule has 0 N–H and O–H groups in total. The summed E-state index contributed by atoms with van der Waals surface area (Å²) in [5.41, 5.74) is 4.31. The first-order valence-electron chi connectivity index (χ1n) is 7.16. The average Bonchev–Trinajstić information content (AvgIpc) is 2.52. The fourth-order valence-corrected chi connectivity index (χ4v) is 2.08. The molecule has 0 aliphatic heterocycles. The monoisotopic (exact) mass is 298 g/mol. The molecular weight excluding hydrogens is 276 g/mol. The molecule has 0 atom stereocenters. The van der Waals surface area contributed by atoms with Crippen LogP contribution in [0.25, 0.3) is 0 Å². The molecule has 0 heterocycles. The summed E-state index contributed by atoms with van der Waals surface area (Å²) in [6.45, 7) is 2.43. The Morgan fingerprint density at radius 1 is 1.09 bits per heavy atom. The molecule has 0 saturated heterocycles. The van der Waals surface area contributed by atoms with Crippen LogP contribution in [0.2, 0.25) is 0 Å². The van der Waals surface area contributed by atoms with Gasteiger partial charge in [0.1, 0.15) is 12.4 Å². The Balaban J connectivity index is 1.94. The number of methoxy groups -OCH3 is 1. The van der Waals surface area contributed by atoms with E-state index in [4.69, 9.17) is 9.57 Å². The second-order valence-corrected chi connectivity index (χ2v) is 5.31. The van der Waals surface area contributed by atoms with Gasteiger partial charge in [0.2, 0.25) is 0 Å². The fourth-order valence-electron chi connectivity index (χ4n) is 2.08. The quantitative estimate of drug-likeness (QED) is 0.603. The first-order valence-corrected chi connectivity index (χ1v) is 7.16. The van der Waals surface area contributed by atoms with Crippen molar-refractivity contribution in [2.75, 3.05) is 26.1 Å². The van der Waals surface area contributed by atoms with E-state index < -0.39 is 0 Å². The number of anilines is 1. The molecule has 0 fully saturated rings. The Hall–Kier alpha value is -2.49. The van der Waals surface area contributed by atoms with Crippen LogP contribution in [0.1, 0.15) is 16.7 Å². The molecule has 0 spiro atoms. The zero-order chi connectivity index (χ0) is 15.9. The lowest BCUT2D eigenvalue weighted by Crippen LogP contribution is -2.08. The van der Waals surface area contributed by atoms with Crippen LogP contribution >= 0.6 is 0 Å². The van der Waals surface area contributed by atoms with Crippen molar-refractivity contribution >= 4 is 11.9 Å². The second kappa shape index (κ2) is 7.50. The molecule has 4 heteroatoms. The number of nitrogens with zero attached hydrogens (tertiary/aromatic N) is 2. The normalized spacial score (nSPS) is 10.7. The highest BCUT2D eigenvalue weighted by atomic mass is 16.6. The number of ether oxygens (including phenoxy) is 1. The summed E-state index contributed by atoms with van der Waals surface area (Å²) in [4.78, 5) is 7.43. The third-order valence-corrected chi connectivity index (χ3v) is 3.34. The Morgan fingerprint density at radius 2 is 1.82 bits per heavy atom. The van der Waals surface area contributed by atoms with Gasteiger partial charge < -0.3 is 14.5 Å². The number of oxime groups is 1. The summed E-state index contributed by atoms with van der Waals surface area (Å²) < 4.78 is 5.31. The van der Waals surface area contributed by atoms with Gasteiger partial charge >= 0.3 is 0 Å². The lowest BCUT2D eigenvalue weighted by atomic mass is 10.1. The van der Waals surface area contributed by atoms with Crippen LogP contribution in [0.5, 0.6) is 5.75 Å². The topological polar surface area (TPSA) is 34.1 Å². The van der Waals surface area contributed by atoms with Gasteiger partial charge in [-0.05, 0) is 36.8 Å². The smallest absolute Gasteiger partial charge is 0.145 e. The predicted molar refractivity (Wildman–Crippen MR) is 90.9 cm³/mol. The fraction of sp³-hybridized carbons (Fsp3) is 0.278. The molecule has 0 aliphatic carbocycles. The summed E-state index contributed by atoms with van der Waals surface area (Å²) in [5, 5.41) is 4.02. The molecule has 0 bridgehead atoms. The van der Waals surface area contributed by atoms with Crippen LogP contribution in [-0.4, -0.2) is 27.4 Å². The van der Waals surface area contributed by atoms with Crippen molar-refractivity contribution in [3.63, 3.8) is 0 Å². The van der Waals surface area contributed by atoms with E-state index in [-0.39, 0.29) is 0 Å². The van der Waals surface area contributed by atoms with Gasteiger partial charge in [-0.3, -0.25) is 0 Å². The van der Waals surface area contributed by atoms with Crippen molar-refractivity contribution in [1.82, 2.24) is 0 Å². The Bertz CT molecular complexity index is 634. The van der Waals surface area contributed by atoms with Gasteiger partial charge in [-0.2, -0.15) is 0 Å². The van der Waals surface area contributed by atoms with Crippen LogP contribution in [-0.2, 0) is 11.4 Å². The van der Waals surface area contributed by atoms with Crippen molar-refractivity contribution in [2.45, 2.75) is 13.5 Å². The Labute approximate surface area is 132 Å². The molecule has 0 saturated carbocycles. The third kappa shape index (κ3) is 4.25. The van der Waals surface area contributed by atoms with Gasteiger partial charge in [-0.15, -0.1) is 0 Å². The minimum atomic E-state index is 0.386. The third-order valence-electron chi connectivity index (χ3n) is 3.34. The van der Waals surface area contributed by atoms with Crippen molar-refractivity contribution < 1.29 is 9.57 Å². The molecular formula is C18H22N2O2. The predicted octanol–water partition coefficient (Wildman–Crippen LogP) is 3.62. The SMILES string of the molecule is COc1ccc(C)cc1CO/N=C/c1ccc(N(C)C)cc1. The largest absolute Gasteiger partial charge is 0.496 e. The van der Waals surface area contributed by atoms with Gasteiger partial charge in [0.25, 0.3) is 0 Å². The summed E-state index contributed by atoms with van der Waals surface area (Å²) in [6.07, 6.45) is 1.71. The lowest BCUT2D eigenvalue weighted by molar-refractivity contribution is 0.130. The average molecular weight is 298 g/mol. The number of aryl methyl sites for hydroxylation is 1. The molecule has 2 aromatic rings. The van der Waals surface area contributed by atoms with E-state index in [0.717, 1.165) is 22.6 Å². The highest BCUT2D eigenvalue weighted by Crippen LogP contribution is 2.20. The Kier molecular flexibility index (Phi) is 5.42. The van der Waals surface area contributed by atoms with Crippen LogP contribution in [0.15, 0.2) is 47.6 Å². The van der Waals surface area contributed by atoms with Crippen molar-refractivity contribution in [3.05, 3.63) is 59.2 Å². The standard InChI is InChI=1S/C18H22N2O2/c1-14-5-10-18(21-4)16(11-14)13-22-19-12-15-6-8-17(9-7-15)20(2)3/h5-12H,13H2,1-4H3/b19-12+. The summed E-state index contributed by atoms with van der Waals surface area (Å²) in [5.74, 6) is 0.816.